The highest BCUT2D eigenvalue weighted by Crippen LogP contribution is 2.33. The number of benzene rings is 2. The van der Waals surface area contributed by atoms with E-state index in [1.54, 1.807) is 35.2 Å². The molecular weight excluding hydrogens is 372 g/mol. The number of halogens is 1. The Morgan fingerprint density at radius 2 is 1.92 bits per heavy atom. The van der Waals surface area contributed by atoms with Gasteiger partial charge in [0.2, 0.25) is 15.9 Å². The van der Waals surface area contributed by atoms with Gasteiger partial charge < -0.3 is 4.90 Å². The molecule has 1 aliphatic rings. The largest absolute Gasteiger partial charge is 0.309 e. The Balaban J connectivity index is 1.71. The van der Waals surface area contributed by atoms with Gasteiger partial charge in [-0.25, -0.2) is 13.1 Å². The van der Waals surface area contributed by atoms with E-state index >= 15 is 0 Å². The molecule has 0 radical (unpaired) electrons. The third-order valence-electron chi connectivity index (χ3n) is 4.54. The summed E-state index contributed by atoms with van der Waals surface area (Å²) in [4.78, 5) is 13.7. The molecule has 0 fully saturated rings. The molecule has 0 spiro atoms. The van der Waals surface area contributed by atoms with E-state index in [-0.39, 0.29) is 16.8 Å². The first kappa shape index (κ1) is 18.9. The summed E-state index contributed by atoms with van der Waals surface area (Å²) < 4.78 is 27.8. The van der Waals surface area contributed by atoms with Crippen molar-refractivity contribution in [3.63, 3.8) is 0 Å². The second-order valence-electron chi connectivity index (χ2n) is 6.51. The maximum Gasteiger partial charge on any atom is 0.240 e. The Bertz CT molecular complexity index is 926. The van der Waals surface area contributed by atoms with E-state index in [4.69, 9.17) is 11.6 Å². The van der Waals surface area contributed by atoms with Crippen molar-refractivity contribution >= 4 is 33.2 Å². The average molecular weight is 393 g/mol. The van der Waals surface area contributed by atoms with Gasteiger partial charge in [0.1, 0.15) is 0 Å². The van der Waals surface area contributed by atoms with Crippen LogP contribution < -0.4 is 9.62 Å². The lowest BCUT2D eigenvalue weighted by Crippen LogP contribution is -2.33. The summed E-state index contributed by atoms with van der Waals surface area (Å²) in [6.07, 6.45) is 1.24. The van der Waals surface area contributed by atoms with E-state index in [2.05, 4.69) is 4.72 Å². The summed E-state index contributed by atoms with van der Waals surface area (Å²) >= 11 is 5.85. The number of sulfonamides is 1. The van der Waals surface area contributed by atoms with Crippen molar-refractivity contribution in [3.8, 4) is 0 Å². The Labute approximate surface area is 159 Å². The predicted molar refractivity (Wildman–Crippen MR) is 103 cm³/mol. The van der Waals surface area contributed by atoms with Gasteiger partial charge in [-0.3, -0.25) is 4.79 Å². The zero-order valence-corrected chi connectivity index (χ0v) is 16.3. The number of nitrogens with one attached hydrogen (secondary N) is 1. The number of amides is 1. The van der Waals surface area contributed by atoms with E-state index < -0.39 is 10.0 Å². The third kappa shape index (κ3) is 3.92. The number of hydrogen-bond acceptors (Lipinski definition) is 3. The molecule has 0 aromatic heterocycles. The van der Waals surface area contributed by atoms with Gasteiger partial charge in [-0.05, 0) is 61.2 Å². The monoisotopic (exact) mass is 392 g/mol. The number of fused-ring (bicyclic) bond motifs is 1. The molecule has 7 heteroatoms. The van der Waals surface area contributed by atoms with Crippen LogP contribution in [0.25, 0.3) is 0 Å². The molecule has 2 aromatic carbocycles. The van der Waals surface area contributed by atoms with Crippen molar-refractivity contribution in [1.29, 1.82) is 0 Å². The predicted octanol–water partition coefficient (Wildman–Crippen LogP) is 3.16. The highest BCUT2D eigenvalue weighted by atomic mass is 35.5. The van der Waals surface area contributed by atoms with Gasteiger partial charge in [0, 0.05) is 30.2 Å². The first-order chi connectivity index (χ1) is 12.3. The van der Waals surface area contributed by atoms with Crippen LogP contribution in [0.2, 0.25) is 5.02 Å². The standard InChI is InChI=1S/C19H21ClN2O3S/c1-13-11-16-12-18(7-8-19(16)22(13)14(2)23)26(24,25)21-10-9-15-3-5-17(20)6-4-15/h3-8,12-13,21H,9-11H2,1-2H3/t13-/m0/s1. The zero-order valence-electron chi connectivity index (χ0n) is 14.7. The molecule has 5 nitrogen and oxygen atoms in total. The lowest BCUT2D eigenvalue weighted by molar-refractivity contribution is -0.116. The van der Waals surface area contributed by atoms with Crippen LogP contribution >= 0.6 is 11.6 Å². The van der Waals surface area contributed by atoms with Crippen LogP contribution in [-0.4, -0.2) is 26.9 Å². The maximum atomic E-state index is 12.6. The molecule has 138 valence electrons. The van der Waals surface area contributed by atoms with Crippen LogP contribution in [-0.2, 0) is 27.7 Å². The molecule has 2 aromatic rings. The van der Waals surface area contributed by atoms with Gasteiger partial charge in [-0.1, -0.05) is 23.7 Å². The fourth-order valence-electron chi connectivity index (χ4n) is 3.32. The van der Waals surface area contributed by atoms with E-state index in [0.29, 0.717) is 24.4 Å². The topological polar surface area (TPSA) is 66.5 Å². The van der Waals surface area contributed by atoms with Crippen LogP contribution in [0.4, 0.5) is 5.69 Å². The average Bonchev–Trinajstić information content (AvgIpc) is 2.91. The summed E-state index contributed by atoms with van der Waals surface area (Å²) in [6, 6.07) is 12.3. The minimum atomic E-state index is -3.59. The van der Waals surface area contributed by atoms with Crippen LogP contribution in [0.5, 0.6) is 0 Å². The van der Waals surface area contributed by atoms with E-state index in [1.807, 2.05) is 19.1 Å². The van der Waals surface area contributed by atoms with Gasteiger partial charge >= 0.3 is 0 Å². The van der Waals surface area contributed by atoms with E-state index in [0.717, 1.165) is 16.8 Å². The molecule has 1 atom stereocenters. The van der Waals surface area contributed by atoms with Crippen molar-refractivity contribution in [2.45, 2.75) is 37.6 Å². The SMILES string of the molecule is CC(=O)N1c2ccc(S(=O)(=O)NCCc3ccc(Cl)cc3)cc2C[C@@H]1C. The normalized spacial score (nSPS) is 16.6. The molecule has 0 unspecified atom stereocenters. The molecule has 0 bridgehead atoms. The summed E-state index contributed by atoms with van der Waals surface area (Å²) in [7, 11) is -3.59. The maximum absolute atomic E-state index is 12.6. The Morgan fingerprint density at radius 1 is 1.23 bits per heavy atom. The van der Waals surface area contributed by atoms with Crippen molar-refractivity contribution in [2.24, 2.45) is 0 Å². The fourth-order valence-corrected chi connectivity index (χ4v) is 4.53. The van der Waals surface area contributed by atoms with Gasteiger partial charge in [0.25, 0.3) is 0 Å². The van der Waals surface area contributed by atoms with Crippen molar-refractivity contribution in [2.75, 3.05) is 11.4 Å². The summed E-state index contributed by atoms with van der Waals surface area (Å²) in [5.74, 6) is -0.0343. The minimum Gasteiger partial charge on any atom is -0.309 e. The molecule has 0 saturated heterocycles. The van der Waals surface area contributed by atoms with Crippen LogP contribution in [0.3, 0.4) is 0 Å². The van der Waals surface area contributed by atoms with Gasteiger partial charge in [0.15, 0.2) is 0 Å². The van der Waals surface area contributed by atoms with E-state index in [1.165, 1.54) is 6.92 Å². The van der Waals surface area contributed by atoms with Gasteiger partial charge in [0.05, 0.1) is 4.90 Å². The first-order valence-corrected chi connectivity index (χ1v) is 10.3. The molecule has 0 aliphatic carbocycles. The summed E-state index contributed by atoms with van der Waals surface area (Å²) in [5.41, 5.74) is 2.69. The van der Waals surface area contributed by atoms with E-state index in [9.17, 15) is 13.2 Å². The van der Waals surface area contributed by atoms with Gasteiger partial charge in [-0.15, -0.1) is 0 Å². The quantitative estimate of drug-likeness (QED) is 0.849. The fraction of sp³-hybridized carbons (Fsp3) is 0.316. The molecule has 26 heavy (non-hydrogen) atoms. The third-order valence-corrected chi connectivity index (χ3v) is 6.25. The Hall–Kier alpha value is -1.89. The second-order valence-corrected chi connectivity index (χ2v) is 8.71. The number of anilines is 1. The smallest absolute Gasteiger partial charge is 0.240 e. The first-order valence-electron chi connectivity index (χ1n) is 8.45. The molecule has 1 amide bonds. The molecule has 1 N–H and O–H groups in total. The van der Waals surface area contributed by atoms with Crippen LogP contribution in [0, 0.1) is 0 Å². The Kier molecular flexibility index (Phi) is 5.37. The number of nitrogens with zero attached hydrogens (tertiary/aromatic N) is 1. The number of carbonyl (C=O) groups is 1. The van der Waals surface area contributed by atoms with Crippen LogP contribution in [0.15, 0.2) is 47.4 Å². The summed E-state index contributed by atoms with van der Waals surface area (Å²) in [6.45, 7) is 3.78. The minimum absolute atomic E-state index is 0.0343. The highest BCUT2D eigenvalue weighted by molar-refractivity contribution is 7.89. The summed E-state index contributed by atoms with van der Waals surface area (Å²) in [5, 5.41) is 0.654. The van der Waals surface area contributed by atoms with Crippen molar-refractivity contribution < 1.29 is 13.2 Å². The number of carbonyl (C=O) groups excluding carboxylic acids is 1. The van der Waals surface area contributed by atoms with Crippen molar-refractivity contribution in [3.05, 3.63) is 58.6 Å². The molecular formula is C19H21ClN2O3S. The van der Waals surface area contributed by atoms with Crippen molar-refractivity contribution in [1.82, 2.24) is 4.72 Å². The highest BCUT2D eigenvalue weighted by Gasteiger charge is 2.30. The van der Waals surface area contributed by atoms with Crippen LogP contribution in [0.1, 0.15) is 25.0 Å². The zero-order chi connectivity index (χ0) is 18.9. The number of rotatable bonds is 5. The Morgan fingerprint density at radius 3 is 2.58 bits per heavy atom. The molecule has 1 aliphatic heterocycles. The second kappa shape index (κ2) is 7.39. The molecule has 3 rings (SSSR count). The lowest BCUT2D eigenvalue weighted by atomic mass is 10.1. The van der Waals surface area contributed by atoms with Gasteiger partial charge in [-0.2, -0.15) is 0 Å². The molecule has 1 heterocycles. The lowest BCUT2D eigenvalue weighted by Gasteiger charge is -2.20. The molecule has 0 saturated carbocycles. The number of hydrogen-bond donors (Lipinski definition) is 1.